The highest BCUT2D eigenvalue weighted by molar-refractivity contribution is 5.83. The molecule has 0 fully saturated rings. The van der Waals surface area contributed by atoms with Gasteiger partial charge in [-0.2, -0.15) is 0 Å². The number of nitrogens with two attached hydrogens (primary N) is 2. The summed E-state index contributed by atoms with van der Waals surface area (Å²) in [7, 11) is 0. The number of carbonyl (C=O) groups is 2. The number of amides is 2. The highest BCUT2D eigenvalue weighted by atomic mass is 16.5. The van der Waals surface area contributed by atoms with Crippen LogP contribution in [0.15, 0.2) is 84.7 Å². The topological polar surface area (TPSA) is 134 Å². The van der Waals surface area contributed by atoms with E-state index in [1.54, 1.807) is 5.48 Å². The second-order valence-electron chi connectivity index (χ2n) is 8.19. The molecule has 0 saturated carbocycles. The Balaban J connectivity index is 1.59. The predicted octanol–water partition coefficient (Wildman–Crippen LogP) is 2.37. The minimum absolute atomic E-state index is 0.0347. The summed E-state index contributed by atoms with van der Waals surface area (Å²) in [6, 6.07) is 23.4. The number of fused-ring (bicyclic) bond motifs is 1. The van der Waals surface area contributed by atoms with E-state index < -0.39 is 11.9 Å². The Morgan fingerprint density at radius 2 is 1.65 bits per heavy atom. The number of hydroxylamine groups is 1. The van der Waals surface area contributed by atoms with Crippen LogP contribution < -0.4 is 22.4 Å². The minimum atomic E-state index is -0.553. The third-order valence-corrected chi connectivity index (χ3v) is 5.54. The van der Waals surface area contributed by atoms with Crippen molar-refractivity contribution in [3.05, 3.63) is 95.8 Å². The molecule has 0 spiro atoms. The zero-order valence-electron chi connectivity index (χ0n) is 19.0. The lowest BCUT2D eigenvalue weighted by molar-refractivity contribution is -0.130. The van der Waals surface area contributed by atoms with Gasteiger partial charge in [-0.05, 0) is 34.7 Å². The molecule has 0 aliphatic rings. The van der Waals surface area contributed by atoms with E-state index in [9.17, 15) is 9.59 Å². The highest BCUT2D eigenvalue weighted by Gasteiger charge is 2.19. The number of hydrogen-bond donors (Lipinski definition) is 5. The first kappa shape index (κ1) is 24.8. The molecule has 2 amide bonds. The molecule has 0 saturated heterocycles. The molecule has 0 bridgehead atoms. The fourth-order valence-electron chi connectivity index (χ4n) is 3.71. The van der Waals surface area contributed by atoms with E-state index in [2.05, 4.69) is 5.32 Å². The molecule has 178 valence electrons. The van der Waals surface area contributed by atoms with E-state index in [1.807, 2.05) is 72.8 Å². The number of nitrogens with one attached hydrogen (secondary N) is 2. The normalized spacial score (nSPS) is 12.2. The van der Waals surface area contributed by atoms with Crippen LogP contribution >= 0.6 is 0 Å². The molecule has 3 rings (SSSR count). The number of nitrogens with zero attached hydrogens (tertiary/aromatic N) is 1. The fraction of sp³-hybridized carbons (Fsp3) is 0.231. The molecule has 8 nitrogen and oxygen atoms in total. The van der Waals surface area contributed by atoms with E-state index in [0.29, 0.717) is 25.0 Å². The van der Waals surface area contributed by atoms with Crippen molar-refractivity contribution in [1.29, 1.82) is 0 Å². The van der Waals surface area contributed by atoms with Crippen LogP contribution in [0.5, 0.6) is 0 Å². The molecule has 0 radical (unpaired) electrons. The van der Waals surface area contributed by atoms with E-state index in [4.69, 9.17) is 16.8 Å². The van der Waals surface area contributed by atoms with Crippen LogP contribution in [0.4, 0.5) is 0 Å². The van der Waals surface area contributed by atoms with Gasteiger partial charge in [0, 0.05) is 18.3 Å². The number of hydrazine groups is 1. The van der Waals surface area contributed by atoms with Gasteiger partial charge < -0.3 is 16.1 Å². The van der Waals surface area contributed by atoms with Crippen molar-refractivity contribution in [3.8, 4) is 0 Å². The molecule has 3 aromatic rings. The van der Waals surface area contributed by atoms with Crippen LogP contribution in [0.1, 0.15) is 24.0 Å². The Morgan fingerprint density at radius 3 is 2.38 bits per heavy atom. The largest absolute Gasteiger partial charge is 0.399 e. The second-order valence-corrected chi connectivity index (χ2v) is 8.19. The van der Waals surface area contributed by atoms with E-state index in [1.165, 1.54) is 11.2 Å². The number of hydrogen-bond acceptors (Lipinski definition) is 6. The van der Waals surface area contributed by atoms with E-state index in [-0.39, 0.29) is 18.9 Å². The van der Waals surface area contributed by atoms with Gasteiger partial charge in [-0.3, -0.25) is 14.8 Å². The number of carbonyl (C=O) groups excluding carboxylic acids is 2. The second kappa shape index (κ2) is 12.4. The molecule has 1 atom stereocenters. The summed E-state index contributed by atoms with van der Waals surface area (Å²) in [6.45, 7) is 0.135. The molecule has 3 aromatic carbocycles. The van der Waals surface area contributed by atoms with Crippen molar-refractivity contribution < 1.29 is 14.8 Å². The van der Waals surface area contributed by atoms with Gasteiger partial charge in [-0.25, -0.2) is 11.3 Å². The fourth-order valence-corrected chi connectivity index (χ4v) is 3.71. The first-order valence-corrected chi connectivity index (χ1v) is 11.1. The molecule has 34 heavy (non-hydrogen) atoms. The lowest BCUT2D eigenvalue weighted by Gasteiger charge is -2.26. The average Bonchev–Trinajstić information content (AvgIpc) is 2.86. The van der Waals surface area contributed by atoms with Crippen molar-refractivity contribution in [2.45, 2.75) is 31.7 Å². The first-order valence-electron chi connectivity index (χ1n) is 11.1. The van der Waals surface area contributed by atoms with Crippen LogP contribution in [0.25, 0.3) is 10.8 Å². The summed E-state index contributed by atoms with van der Waals surface area (Å²) >= 11 is 0. The number of aryl methyl sites for hydroxylation is 1. The number of benzene rings is 3. The van der Waals surface area contributed by atoms with Crippen molar-refractivity contribution in [2.75, 3.05) is 6.54 Å². The Labute approximate surface area is 199 Å². The van der Waals surface area contributed by atoms with Crippen LogP contribution in [0.3, 0.4) is 0 Å². The monoisotopic (exact) mass is 461 g/mol. The molecule has 0 aliphatic carbocycles. The summed E-state index contributed by atoms with van der Waals surface area (Å²) in [6.07, 6.45) is 2.93. The van der Waals surface area contributed by atoms with Crippen LogP contribution in [-0.4, -0.2) is 34.6 Å². The molecule has 1 unspecified atom stereocenters. The summed E-state index contributed by atoms with van der Waals surface area (Å²) in [4.78, 5) is 24.0. The lowest BCUT2D eigenvalue weighted by Crippen LogP contribution is -2.42. The molecule has 7 N–H and O–H groups in total. The zero-order chi connectivity index (χ0) is 24.3. The molecular formula is C26H31N5O3. The van der Waals surface area contributed by atoms with Crippen molar-refractivity contribution >= 4 is 22.6 Å². The molecule has 0 aromatic heterocycles. The van der Waals surface area contributed by atoms with Crippen LogP contribution in [0, 0.1) is 0 Å². The molecule has 8 heteroatoms. The maximum absolute atomic E-state index is 12.2. The Kier molecular flexibility index (Phi) is 9.02. The van der Waals surface area contributed by atoms with Gasteiger partial charge in [-0.1, -0.05) is 72.8 Å². The zero-order valence-corrected chi connectivity index (χ0v) is 19.0. The van der Waals surface area contributed by atoms with Gasteiger partial charge in [0.25, 0.3) is 0 Å². The Hall–Kier alpha value is -3.88. The Morgan fingerprint density at radius 1 is 0.941 bits per heavy atom. The summed E-state index contributed by atoms with van der Waals surface area (Å²) in [5.74, 6) is 5.56. The first-order chi connectivity index (χ1) is 16.4. The highest BCUT2D eigenvalue weighted by Crippen LogP contribution is 2.18. The summed E-state index contributed by atoms with van der Waals surface area (Å²) in [5.41, 5.74) is 10.2. The maximum Gasteiger partial charge on any atom is 0.245 e. The van der Waals surface area contributed by atoms with Crippen molar-refractivity contribution in [1.82, 2.24) is 15.8 Å². The Bertz CT molecular complexity index is 1130. The average molecular weight is 462 g/mol. The quantitative estimate of drug-likeness (QED) is 0.169. The standard InChI is InChI=1S/C26H31N5O3/c27-23(17-29-25(32)13-11-19-6-2-1-3-7-19)18-31(28)24(16-26(33)30-34)15-20-10-12-21-8-4-5-9-22(21)14-20/h1-10,12,14,18,24,34H,11,13,15-17,27-28H2,(H,29,32)(H,30,33)/b23-18-. The third-order valence-electron chi connectivity index (χ3n) is 5.54. The summed E-state index contributed by atoms with van der Waals surface area (Å²) in [5, 5.41) is 15.3. The predicted molar refractivity (Wildman–Crippen MR) is 132 cm³/mol. The lowest BCUT2D eigenvalue weighted by atomic mass is 9.99. The van der Waals surface area contributed by atoms with E-state index in [0.717, 1.165) is 21.9 Å². The molecule has 0 heterocycles. The van der Waals surface area contributed by atoms with Gasteiger partial charge >= 0.3 is 0 Å². The van der Waals surface area contributed by atoms with E-state index >= 15 is 0 Å². The van der Waals surface area contributed by atoms with Gasteiger partial charge in [0.1, 0.15) is 0 Å². The number of rotatable bonds is 11. The van der Waals surface area contributed by atoms with Crippen LogP contribution in [-0.2, 0) is 22.4 Å². The third kappa shape index (κ3) is 7.61. The molecule has 0 aliphatic heterocycles. The van der Waals surface area contributed by atoms with Crippen molar-refractivity contribution in [3.63, 3.8) is 0 Å². The van der Waals surface area contributed by atoms with Gasteiger partial charge in [0.05, 0.1) is 19.0 Å². The van der Waals surface area contributed by atoms with Crippen LogP contribution in [0.2, 0.25) is 0 Å². The minimum Gasteiger partial charge on any atom is -0.399 e. The van der Waals surface area contributed by atoms with Gasteiger partial charge in [-0.15, -0.1) is 0 Å². The molecular weight excluding hydrogens is 430 g/mol. The SMILES string of the molecule is N/C(=C\N(N)C(CC(=O)NO)Cc1ccc2ccccc2c1)CNC(=O)CCc1ccccc1. The smallest absolute Gasteiger partial charge is 0.245 e. The van der Waals surface area contributed by atoms with Crippen molar-refractivity contribution in [2.24, 2.45) is 11.6 Å². The summed E-state index contributed by atoms with van der Waals surface area (Å²) < 4.78 is 0. The van der Waals surface area contributed by atoms with Gasteiger partial charge in [0.15, 0.2) is 0 Å². The maximum atomic E-state index is 12.2. The van der Waals surface area contributed by atoms with Gasteiger partial charge in [0.2, 0.25) is 11.8 Å².